The summed E-state index contributed by atoms with van der Waals surface area (Å²) in [5, 5.41) is 3.27. The van der Waals surface area contributed by atoms with Gasteiger partial charge in [-0.1, -0.05) is 37.7 Å². The topological polar surface area (TPSA) is 93.8 Å². The molecule has 0 radical (unpaired) electrons. The zero-order chi connectivity index (χ0) is 15.2. The summed E-state index contributed by atoms with van der Waals surface area (Å²) in [6.45, 7) is 4.26. The van der Waals surface area contributed by atoms with Crippen molar-refractivity contribution in [2.45, 2.75) is 24.9 Å². The van der Waals surface area contributed by atoms with E-state index in [0.717, 1.165) is 5.69 Å². The Morgan fingerprint density at radius 1 is 1.29 bits per heavy atom. The molecule has 7 heteroatoms. The first-order valence-corrected chi connectivity index (χ1v) is 7.50. The Labute approximate surface area is 127 Å². The number of rotatable bonds is 5. The van der Waals surface area contributed by atoms with Gasteiger partial charge in [0.15, 0.2) is 5.16 Å². The van der Waals surface area contributed by atoms with Gasteiger partial charge in [-0.3, -0.25) is 4.79 Å². The van der Waals surface area contributed by atoms with Crippen molar-refractivity contribution in [3.8, 4) is 0 Å². The molecule has 3 N–H and O–H groups in total. The molecule has 1 heterocycles. The van der Waals surface area contributed by atoms with Gasteiger partial charge < -0.3 is 11.1 Å². The van der Waals surface area contributed by atoms with Crippen LogP contribution in [0.1, 0.15) is 25.3 Å². The molecule has 21 heavy (non-hydrogen) atoms. The van der Waals surface area contributed by atoms with E-state index >= 15 is 0 Å². The molecule has 0 saturated carbocycles. The minimum Gasteiger partial charge on any atom is -0.368 e. The van der Waals surface area contributed by atoms with Crippen LogP contribution < -0.4 is 11.1 Å². The number of aromatic nitrogens is 3. The van der Waals surface area contributed by atoms with E-state index < -0.39 is 0 Å². The van der Waals surface area contributed by atoms with Gasteiger partial charge in [0.1, 0.15) is 6.33 Å². The first-order chi connectivity index (χ1) is 10.0. The number of thioether (sulfide) groups is 1. The van der Waals surface area contributed by atoms with Crippen molar-refractivity contribution in [2.75, 3.05) is 16.8 Å². The van der Waals surface area contributed by atoms with E-state index in [1.807, 2.05) is 24.3 Å². The van der Waals surface area contributed by atoms with Gasteiger partial charge in [0.25, 0.3) is 0 Å². The molecule has 2 rings (SSSR count). The van der Waals surface area contributed by atoms with Crippen LogP contribution >= 0.6 is 11.8 Å². The largest absolute Gasteiger partial charge is 0.368 e. The van der Waals surface area contributed by atoms with Gasteiger partial charge in [0, 0.05) is 5.69 Å². The fourth-order valence-corrected chi connectivity index (χ4v) is 2.25. The van der Waals surface area contributed by atoms with Gasteiger partial charge in [-0.25, -0.2) is 9.97 Å². The summed E-state index contributed by atoms with van der Waals surface area (Å²) in [7, 11) is 0. The van der Waals surface area contributed by atoms with Crippen LogP contribution in [0.3, 0.4) is 0 Å². The third-order valence-electron chi connectivity index (χ3n) is 2.76. The van der Waals surface area contributed by atoms with Crippen LogP contribution in [0.25, 0.3) is 0 Å². The van der Waals surface area contributed by atoms with Crippen molar-refractivity contribution < 1.29 is 4.79 Å². The predicted molar refractivity (Wildman–Crippen MR) is 84.1 cm³/mol. The first kappa shape index (κ1) is 15.2. The number of hydrogen-bond donors (Lipinski definition) is 2. The lowest BCUT2D eigenvalue weighted by Gasteiger charge is -2.08. The smallest absolute Gasteiger partial charge is 0.234 e. The van der Waals surface area contributed by atoms with Gasteiger partial charge in [-0.2, -0.15) is 4.98 Å². The molecule has 0 spiro atoms. The maximum atomic E-state index is 11.9. The second-order valence-corrected chi connectivity index (χ2v) is 5.68. The Balaban J connectivity index is 1.87. The third kappa shape index (κ3) is 4.71. The van der Waals surface area contributed by atoms with Crippen molar-refractivity contribution in [3.05, 3.63) is 36.2 Å². The molecule has 0 atom stereocenters. The Morgan fingerprint density at radius 2 is 2.00 bits per heavy atom. The number of amides is 1. The molecular weight excluding hydrogens is 286 g/mol. The summed E-state index contributed by atoms with van der Waals surface area (Å²) in [6.07, 6.45) is 1.33. The van der Waals surface area contributed by atoms with Crippen molar-refractivity contribution in [3.63, 3.8) is 0 Å². The monoisotopic (exact) mass is 303 g/mol. The van der Waals surface area contributed by atoms with Gasteiger partial charge in [0.2, 0.25) is 11.9 Å². The Kier molecular flexibility index (Phi) is 5.10. The van der Waals surface area contributed by atoms with E-state index in [1.165, 1.54) is 23.7 Å². The van der Waals surface area contributed by atoms with Crippen molar-refractivity contribution in [1.29, 1.82) is 0 Å². The number of nitrogens with zero attached hydrogens (tertiary/aromatic N) is 3. The maximum Gasteiger partial charge on any atom is 0.234 e. The highest BCUT2D eigenvalue weighted by Gasteiger charge is 2.06. The highest BCUT2D eigenvalue weighted by molar-refractivity contribution is 7.99. The molecule has 0 aliphatic rings. The molecule has 0 unspecified atom stereocenters. The predicted octanol–water partition coefficient (Wildman–Crippen LogP) is 2.31. The number of nitrogen functional groups attached to an aromatic ring is 1. The summed E-state index contributed by atoms with van der Waals surface area (Å²) < 4.78 is 0. The average molecular weight is 303 g/mol. The number of anilines is 2. The minimum atomic E-state index is -0.115. The number of nitrogens with one attached hydrogen (secondary N) is 1. The fraction of sp³-hybridized carbons (Fsp3) is 0.286. The second-order valence-electron chi connectivity index (χ2n) is 4.74. The van der Waals surface area contributed by atoms with Gasteiger partial charge in [-0.05, 0) is 23.6 Å². The molecule has 0 fully saturated rings. The summed E-state index contributed by atoms with van der Waals surface area (Å²) in [5.74, 6) is 0.725. The Hall–Kier alpha value is -2.15. The molecule has 1 aromatic heterocycles. The van der Waals surface area contributed by atoms with Crippen LogP contribution in [0.2, 0.25) is 0 Å². The SMILES string of the molecule is CC(C)c1ccc(NC(=O)CSc2ncnc(N)n2)cc1. The minimum absolute atomic E-state index is 0.115. The molecule has 0 bridgehead atoms. The standard InChI is InChI=1S/C14H17N5OS/c1-9(2)10-3-5-11(6-4-10)18-12(20)7-21-14-17-8-16-13(15)19-14/h3-6,8-9H,7H2,1-2H3,(H,18,20)(H2,15,16,17,19). The first-order valence-electron chi connectivity index (χ1n) is 6.51. The zero-order valence-electron chi connectivity index (χ0n) is 11.9. The van der Waals surface area contributed by atoms with E-state index in [1.54, 1.807) is 0 Å². The number of benzene rings is 1. The van der Waals surface area contributed by atoms with E-state index in [9.17, 15) is 4.79 Å². The van der Waals surface area contributed by atoms with Crippen molar-refractivity contribution >= 4 is 29.3 Å². The van der Waals surface area contributed by atoms with Crippen LogP contribution in [0, 0.1) is 0 Å². The average Bonchev–Trinajstić information content (AvgIpc) is 2.46. The Morgan fingerprint density at radius 3 is 2.62 bits per heavy atom. The van der Waals surface area contributed by atoms with Crippen LogP contribution in [-0.2, 0) is 4.79 Å². The normalized spacial score (nSPS) is 10.6. The summed E-state index contributed by atoms with van der Waals surface area (Å²) in [5.41, 5.74) is 7.47. The number of nitrogens with two attached hydrogens (primary N) is 1. The fourth-order valence-electron chi connectivity index (χ4n) is 1.64. The van der Waals surface area contributed by atoms with E-state index in [4.69, 9.17) is 5.73 Å². The highest BCUT2D eigenvalue weighted by atomic mass is 32.2. The molecule has 1 aromatic carbocycles. The summed E-state index contributed by atoms with van der Waals surface area (Å²) >= 11 is 1.22. The molecule has 0 saturated heterocycles. The third-order valence-corrected chi connectivity index (χ3v) is 3.62. The molecule has 6 nitrogen and oxygen atoms in total. The van der Waals surface area contributed by atoms with Crippen molar-refractivity contribution in [2.24, 2.45) is 0 Å². The van der Waals surface area contributed by atoms with Crippen LogP contribution in [-0.4, -0.2) is 26.6 Å². The number of carbonyl (C=O) groups is 1. The highest BCUT2D eigenvalue weighted by Crippen LogP contribution is 2.18. The van der Waals surface area contributed by atoms with Crippen LogP contribution in [0.4, 0.5) is 11.6 Å². The molecule has 2 aromatic rings. The van der Waals surface area contributed by atoms with Crippen molar-refractivity contribution in [1.82, 2.24) is 15.0 Å². The quantitative estimate of drug-likeness (QED) is 0.823. The van der Waals surface area contributed by atoms with Gasteiger partial charge in [0.05, 0.1) is 5.75 Å². The molecule has 110 valence electrons. The number of hydrogen-bond acceptors (Lipinski definition) is 6. The van der Waals surface area contributed by atoms with E-state index in [-0.39, 0.29) is 17.6 Å². The summed E-state index contributed by atoms with van der Waals surface area (Å²) in [6, 6.07) is 7.83. The van der Waals surface area contributed by atoms with Crippen LogP contribution in [0.15, 0.2) is 35.7 Å². The maximum absolute atomic E-state index is 11.9. The molecular formula is C14H17N5OS. The molecule has 0 aliphatic carbocycles. The lowest BCUT2D eigenvalue weighted by atomic mass is 10.0. The number of carbonyl (C=O) groups excluding carboxylic acids is 1. The van der Waals surface area contributed by atoms with Crippen LogP contribution in [0.5, 0.6) is 0 Å². The van der Waals surface area contributed by atoms with E-state index in [0.29, 0.717) is 11.1 Å². The molecule has 1 amide bonds. The van der Waals surface area contributed by atoms with Gasteiger partial charge in [-0.15, -0.1) is 0 Å². The van der Waals surface area contributed by atoms with Gasteiger partial charge >= 0.3 is 0 Å². The Bertz CT molecular complexity index is 615. The second kappa shape index (κ2) is 7.03. The molecule has 0 aliphatic heterocycles. The lowest BCUT2D eigenvalue weighted by Crippen LogP contribution is -2.14. The van der Waals surface area contributed by atoms with E-state index in [2.05, 4.69) is 34.1 Å². The summed E-state index contributed by atoms with van der Waals surface area (Å²) in [4.78, 5) is 23.4. The lowest BCUT2D eigenvalue weighted by molar-refractivity contribution is -0.113. The zero-order valence-corrected chi connectivity index (χ0v) is 12.7.